The van der Waals surface area contributed by atoms with Gasteiger partial charge in [-0.25, -0.2) is 0 Å². The van der Waals surface area contributed by atoms with Crippen LogP contribution in [0.25, 0.3) is 0 Å². The average molecular weight is 398 g/mol. The molecule has 29 heavy (non-hydrogen) atoms. The van der Waals surface area contributed by atoms with Crippen molar-refractivity contribution in [1.82, 2.24) is 10.2 Å². The molecule has 0 unspecified atom stereocenters. The summed E-state index contributed by atoms with van der Waals surface area (Å²) >= 11 is 0. The number of carbonyl (C=O) groups excluding carboxylic acids is 2. The van der Waals surface area contributed by atoms with Crippen LogP contribution in [0.3, 0.4) is 0 Å². The summed E-state index contributed by atoms with van der Waals surface area (Å²) in [6.07, 6.45) is 0.785. The fourth-order valence-corrected chi connectivity index (χ4v) is 2.92. The highest BCUT2D eigenvalue weighted by Crippen LogP contribution is 2.29. The molecule has 2 aromatic carbocycles. The predicted molar refractivity (Wildman–Crippen MR) is 113 cm³/mol. The first-order chi connectivity index (χ1) is 13.7. The van der Waals surface area contributed by atoms with E-state index < -0.39 is 10.7 Å². The van der Waals surface area contributed by atoms with Gasteiger partial charge in [0.2, 0.25) is 0 Å². The highest BCUT2D eigenvalue weighted by molar-refractivity contribution is 6.15. The number of benzene rings is 2. The van der Waals surface area contributed by atoms with Crippen molar-refractivity contribution >= 4 is 23.1 Å². The van der Waals surface area contributed by atoms with Crippen molar-refractivity contribution in [2.75, 3.05) is 46.2 Å². The van der Waals surface area contributed by atoms with Gasteiger partial charge in [-0.1, -0.05) is 18.2 Å². The summed E-state index contributed by atoms with van der Waals surface area (Å²) in [4.78, 5) is 40.1. The van der Waals surface area contributed by atoms with E-state index in [-0.39, 0.29) is 28.3 Å². The van der Waals surface area contributed by atoms with Crippen LogP contribution in [0.2, 0.25) is 0 Å². The molecular weight excluding hydrogens is 372 g/mol. The third-order valence-corrected chi connectivity index (χ3v) is 4.40. The Hall–Kier alpha value is -3.26. The van der Waals surface area contributed by atoms with E-state index in [2.05, 4.69) is 5.32 Å². The van der Waals surface area contributed by atoms with Crippen molar-refractivity contribution in [2.45, 2.75) is 6.42 Å². The van der Waals surface area contributed by atoms with E-state index in [1.807, 2.05) is 19.0 Å². The molecule has 0 aliphatic heterocycles. The molecule has 0 bridgehead atoms. The first-order valence-electron chi connectivity index (χ1n) is 9.24. The maximum atomic E-state index is 13.0. The number of rotatable bonds is 9. The molecule has 1 N–H and O–H groups in total. The van der Waals surface area contributed by atoms with Crippen LogP contribution in [0.5, 0.6) is 0 Å². The van der Waals surface area contributed by atoms with E-state index in [4.69, 9.17) is 0 Å². The van der Waals surface area contributed by atoms with Crippen LogP contribution < -0.4 is 10.2 Å². The Bertz CT molecular complexity index is 909. The molecule has 0 heterocycles. The molecule has 1 amide bonds. The molecule has 8 nitrogen and oxygen atoms in total. The van der Waals surface area contributed by atoms with Gasteiger partial charge in [0.1, 0.15) is 5.69 Å². The standard InChI is InChI=1S/C21H26N4O4/c1-23(2)13-7-12-22-21(27)17-9-6-5-8-16(17)20(26)15-10-11-18(24(3)4)19(14-15)25(28)29/h5-6,8-11,14H,7,12-13H2,1-4H3,(H,22,27). The van der Waals surface area contributed by atoms with Gasteiger partial charge in [0.05, 0.1) is 10.5 Å². The second kappa shape index (κ2) is 9.79. The van der Waals surface area contributed by atoms with E-state index in [1.54, 1.807) is 43.3 Å². The molecule has 0 saturated carbocycles. The number of ketones is 1. The molecule has 0 fully saturated rings. The Balaban J connectivity index is 2.29. The molecular formula is C21H26N4O4. The highest BCUT2D eigenvalue weighted by Gasteiger charge is 2.22. The molecule has 0 radical (unpaired) electrons. The smallest absolute Gasteiger partial charge is 0.293 e. The molecule has 2 aromatic rings. The zero-order valence-electron chi connectivity index (χ0n) is 17.1. The lowest BCUT2D eigenvalue weighted by molar-refractivity contribution is -0.384. The number of hydrogen-bond donors (Lipinski definition) is 1. The average Bonchev–Trinajstić information content (AvgIpc) is 2.69. The highest BCUT2D eigenvalue weighted by atomic mass is 16.6. The van der Waals surface area contributed by atoms with E-state index in [0.717, 1.165) is 13.0 Å². The second-order valence-electron chi connectivity index (χ2n) is 7.14. The van der Waals surface area contributed by atoms with E-state index in [9.17, 15) is 19.7 Å². The van der Waals surface area contributed by atoms with E-state index in [0.29, 0.717) is 12.2 Å². The van der Waals surface area contributed by atoms with Crippen molar-refractivity contribution in [3.63, 3.8) is 0 Å². The van der Waals surface area contributed by atoms with Gasteiger partial charge in [-0.05, 0) is 45.3 Å². The summed E-state index contributed by atoms with van der Waals surface area (Å²) in [5, 5.41) is 14.2. The second-order valence-corrected chi connectivity index (χ2v) is 7.14. The molecule has 154 valence electrons. The molecule has 0 aliphatic carbocycles. The van der Waals surface area contributed by atoms with Crippen molar-refractivity contribution in [3.8, 4) is 0 Å². The largest absolute Gasteiger partial charge is 0.372 e. The minimum Gasteiger partial charge on any atom is -0.372 e. The number of carbonyl (C=O) groups is 2. The number of amides is 1. The Morgan fingerprint density at radius 1 is 1.03 bits per heavy atom. The third-order valence-electron chi connectivity index (χ3n) is 4.40. The van der Waals surface area contributed by atoms with Gasteiger partial charge in [0, 0.05) is 37.8 Å². The lowest BCUT2D eigenvalue weighted by atomic mass is 9.97. The molecule has 0 aliphatic rings. The Kier molecular flexibility index (Phi) is 7.44. The predicted octanol–water partition coefficient (Wildman–Crippen LogP) is 2.57. The Labute approximate surface area is 170 Å². The van der Waals surface area contributed by atoms with Crippen molar-refractivity contribution < 1.29 is 14.5 Å². The zero-order chi connectivity index (χ0) is 21.6. The van der Waals surface area contributed by atoms with Crippen molar-refractivity contribution in [2.24, 2.45) is 0 Å². The summed E-state index contributed by atoms with van der Waals surface area (Å²) < 4.78 is 0. The maximum Gasteiger partial charge on any atom is 0.293 e. The van der Waals surface area contributed by atoms with Crippen LogP contribution in [0.1, 0.15) is 32.7 Å². The fraction of sp³-hybridized carbons (Fsp3) is 0.333. The molecule has 8 heteroatoms. The van der Waals surface area contributed by atoms with Gasteiger partial charge in [-0.15, -0.1) is 0 Å². The van der Waals surface area contributed by atoms with Crippen LogP contribution in [0.15, 0.2) is 42.5 Å². The quantitative estimate of drug-likeness (QED) is 0.302. The van der Waals surface area contributed by atoms with Gasteiger partial charge in [-0.3, -0.25) is 19.7 Å². The van der Waals surface area contributed by atoms with Crippen molar-refractivity contribution in [1.29, 1.82) is 0 Å². The number of nitrogens with one attached hydrogen (secondary N) is 1. The summed E-state index contributed by atoms with van der Waals surface area (Å²) in [6, 6.07) is 10.8. The van der Waals surface area contributed by atoms with Crippen LogP contribution >= 0.6 is 0 Å². The van der Waals surface area contributed by atoms with Gasteiger partial charge in [0.25, 0.3) is 11.6 Å². The molecule has 0 atom stereocenters. The molecule has 2 rings (SSSR count). The fourth-order valence-electron chi connectivity index (χ4n) is 2.92. The monoisotopic (exact) mass is 398 g/mol. The van der Waals surface area contributed by atoms with E-state index in [1.165, 1.54) is 18.2 Å². The van der Waals surface area contributed by atoms with Crippen LogP contribution in [0.4, 0.5) is 11.4 Å². The van der Waals surface area contributed by atoms with Gasteiger partial charge < -0.3 is 15.1 Å². The number of anilines is 1. The number of hydrogen-bond acceptors (Lipinski definition) is 6. The normalized spacial score (nSPS) is 10.7. The number of nitro benzene ring substituents is 1. The molecule has 0 spiro atoms. The third kappa shape index (κ3) is 5.61. The van der Waals surface area contributed by atoms with Gasteiger partial charge in [0.15, 0.2) is 5.78 Å². The first-order valence-corrected chi connectivity index (χ1v) is 9.24. The maximum absolute atomic E-state index is 13.0. The SMILES string of the molecule is CN(C)CCCNC(=O)c1ccccc1C(=O)c1ccc(N(C)C)c([N+](=O)[O-])c1. The van der Waals surface area contributed by atoms with Crippen LogP contribution in [-0.2, 0) is 0 Å². The summed E-state index contributed by atoms with van der Waals surface area (Å²) in [5.41, 5.74) is 0.867. The lowest BCUT2D eigenvalue weighted by Gasteiger charge is -2.14. The summed E-state index contributed by atoms with van der Waals surface area (Å²) in [7, 11) is 7.30. The van der Waals surface area contributed by atoms with Crippen molar-refractivity contribution in [3.05, 3.63) is 69.3 Å². The summed E-state index contributed by atoms with van der Waals surface area (Å²) in [6.45, 7) is 1.32. The Morgan fingerprint density at radius 2 is 1.69 bits per heavy atom. The van der Waals surface area contributed by atoms with Gasteiger partial charge >= 0.3 is 0 Å². The first kappa shape index (κ1) is 22.0. The summed E-state index contributed by atoms with van der Waals surface area (Å²) in [5.74, 6) is -0.774. The lowest BCUT2D eigenvalue weighted by Crippen LogP contribution is -2.28. The minimum atomic E-state index is -0.518. The number of nitro groups is 1. The molecule has 0 saturated heterocycles. The topological polar surface area (TPSA) is 95.8 Å². The minimum absolute atomic E-state index is 0.161. The van der Waals surface area contributed by atoms with Crippen LogP contribution in [-0.4, -0.2) is 62.8 Å². The number of nitrogens with zero attached hydrogens (tertiary/aromatic N) is 3. The molecule has 0 aromatic heterocycles. The Morgan fingerprint density at radius 3 is 2.28 bits per heavy atom. The van der Waals surface area contributed by atoms with Crippen LogP contribution in [0, 0.1) is 10.1 Å². The zero-order valence-corrected chi connectivity index (χ0v) is 17.1. The van der Waals surface area contributed by atoms with Gasteiger partial charge in [-0.2, -0.15) is 0 Å². The van der Waals surface area contributed by atoms with E-state index >= 15 is 0 Å².